The molecule has 0 aliphatic heterocycles. The van der Waals surface area contributed by atoms with Crippen molar-refractivity contribution in [3.63, 3.8) is 0 Å². The molecule has 2 rings (SSSR count). The lowest BCUT2D eigenvalue weighted by Gasteiger charge is -2.12. The number of rotatable bonds is 8. The van der Waals surface area contributed by atoms with E-state index in [4.69, 9.17) is 14.7 Å². The third kappa shape index (κ3) is 5.33. The Labute approximate surface area is 141 Å². The summed E-state index contributed by atoms with van der Waals surface area (Å²) in [7, 11) is 0. The molecule has 0 bridgehead atoms. The highest BCUT2D eigenvalue weighted by molar-refractivity contribution is 5.77. The third-order valence-electron chi connectivity index (χ3n) is 3.31. The van der Waals surface area contributed by atoms with Crippen molar-refractivity contribution in [2.24, 2.45) is 0 Å². The van der Waals surface area contributed by atoms with Crippen LogP contribution in [0.5, 0.6) is 11.5 Å². The molecule has 0 saturated heterocycles. The molecular weight excluding hydrogens is 304 g/mol. The van der Waals surface area contributed by atoms with Gasteiger partial charge in [0.2, 0.25) is 0 Å². The molecule has 0 atom stereocenters. The molecule has 0 unspecified atom stereocenters. The normalized spacial score (nSPS) is 9.83. The minimum Gasteiger partial charge on any atom is -0.490 e. The molecule has 0 aromatic heterocycles. The molecule has 1 N–H and O–H groups in total. The van der Waals surface area contributed by atoms with Crippen LogP contribution in [0.1, 0.15) is 18.1 Å². The molecule has 5 heteroatoms. The Kier molecular flexibility index (Phi) is 6.66. The second-order valence-electron chi connectivity index (χ2n) is 5.08. The Bertz CT molecular complexity index is 708. The number of hydrogen-bond acceptors (Lipinski definition) is 4. The first-order chi connectivity index (χ1) is 11.7. The van der Waals surface area contributed by atoms with Gasteiger partial charge >= 0.3 is 0 Å². The van der Waals surface area contributed by atoms with Gasteiger partial charge in [-0.25, -0.2) is 0 Å². The van der Waals surface area contributed by atoms with Crippen LogP contribution >= 0.6 is 0 Å². The number of nitrogens with zero attached hydrogens (tertiary/aromatic N) is 1. The fourth-order valence-electron chi connectivity index (χ4n) is 2.15. The van der Waals surface area contributed by atoms with Crippen molar-refractivity contribution in [1.82, 2.24) is 5.32 Å². The molecule has 2 aromatic carbocycles. The van der Waals surface area contributed by atoms with Crippen LogP contribution in [0.25, 0.3) is 0 Å². The summed E-state index contributed by atoms with van der Waals surface area (Å²) in [6, 6.07) is 16.9. The van der Waals surface area contributed by atoms with Crippen molar-refractivity contribution < 1.29 is 14.3 Å². The molecule has 24 heavy (non-hydrogen) atoms. The third-order valence-corrected chi connectivity index (χ3v) is 3.31. The van der Waals surface area contributed by atoms with Gasteiger partial charge in [-0.3, -0.25) is 4.79 Å². The van der Waals surface area contributed by atoms with Crippen molar-refractivity contribution in [3.05, 3.63) is 59.7 Å². The number of carbonyl (C=O) groups is 1. The number of amides is 1. The second-order valence-corrected chi connectivity index (χ2v) is 5.08. The van der Waals surface area contributed by atoms with Crippen LogP contribution in [0.15, 0.2) is 48.5 Å². The minimum atomic E-state index is -0.197. The van der Waals surface area contributed by atoms with E-state index >= 15 is 0 Å². The maximum atomic E-state index is 11.9. The van der Waals surface area contributed by atoms with E-state index < -0.39 is 0 Å². The Balaban J connectivity index is 1.82. The summed E-state index contributed by atoms with van der Waals surface area (Å²) in [6.07, 6.45) is 0.771. The summed E-state index contributed by atoms with van der Waals surface area (Å²) in [4.78, 5) is 11.9. The fourth-order valence-corrected chi connectivity index (χ4v) is 2.15. The Morgan fingerprint density at radius 1 is 1.12 bits per heavy atom. The molecular formula is C19H20N2O3. The molecule has 0 heterocycles. The Hall–Kier alpha value is -3.00. The van der Waals surface area contributed by atoms with Crippen LogP contribution in [0.2, 0.25) is 0 Å². The van der Waals surface area contributed by atoms with Crippen LogP contribution in [0.4, 0.5) is 0 Å². The van der Waals surface area contributed by atoms with Gasteiger partial charge in [0.15, 0.2) is 18.1 Å². The zero-order valence-electron chi connectivity index (χ0n) is 13.6. The van der Waals surface area contributed by atoms with Gasteiger partial charge in [0.1, 0.15) is 0 Å². The molecule has 0 aliphatic rings. The van der Waals surface area contributed by atoms with Crippen molar-refractivity contribution in [3.8, 4) is 17.6 Å². The van der Waals surface area contributed by atoms with Crippen LogP contribution in [-0.4, -0.2) is 25.7 Å². The van der Waals surface area contributed by atoms with E-state index in [0.717, 1.165) is 6.42 Å². The van der Waals surface area contributed by atoms with Gasteiger partial charge < -0.3 is 14.8 Å². The minimum absolute atomic E-state index is 0.0965. The topological polar surface area (TPSA) is 71.3 Å². The lowest BCUT2D eigenvalue weighted by molar-refractivity contribution is -0.123. The van der Waals surface area contributed by atoms with Crippen molar-refractivity contribution in [2.45, 2.75) is 13.3 Å². The summed E-state index contributed by atoms with van der Waals surface area (Å²) in [5, 5.41) is 11.7. The zero-order chi connectivity index (χ0) is 17.2. The highest BCUT2D eigenvalue weighted by Crippen LogP contribution is 2.28. The number of nitriles is 1. The monoisotopic (exact) mass is 324 g/mol. The molecule has 5 nitrogen and oxygen atoms in total. The molecule has 0 aliphatic carbocycles. The van der Waals surface area contributed by atoms with Crippen molar-refractivity contribution in [2.75, 3.05) is 19.8 Å². The fraction of sp³-hybridized carbons (Fsp3) is 0.263. The van der Waals surface area contributed by atoms with Gasteiger partial charge in [-0.05, 0) is 31.0 Å². The van der Waals surface area contributed by atoms with Gasteiger partial charge in [0, 0.05) is 12.6 Å². The quantitative estimate of drug-likeness (QED) is 0.810. The van der Waals surface area contributed by atoms with Gasteiger partial charge in [0.25, 0.3) is 5.91 Å². The van der Waals surface area contributed by atoms with Gasteiger partial charge in [-0.2, -0.15) is 5.26 Å². The predicted octanol–water partition coefficient (Wildman–Crippen LogP) is 2.69. The summed E-state index contributed by atoms with van der Waals surface area (Å²) in [5.74, 6) is 0.723. The van der Waals surface area contributed by atoms with E-state index in [1.54, 1.807) is 18.2 Å². The maximum absolute atomic E-state index is 11.9. The number of nitrogens with one attached hydrogen (secondary N) is 1. The number of benzene rings is 2. The first-order valence-electron chi connectivity index (χ1n) is 7.83. The van der Waals surface area contributed by atoms with Crippen LogP contribution in [0.3, 0.4) is 0 Å². The molecule has 0 radical (unpaired) electrons. The van der Waals surface area contributed by atoms with Gasteiger partial charge in [0.05, 0.1) is 18.2 Å². The SMILES string of the molecule is CCOc1cc(C#N)ccc1OCC(=O)NCCc1ccccc1. The maximum Gasteiger partial charge on any atom is 0.257 e. The summed E-state index contributed by atoms with van der Waals surface area (Å²) in [6.45, 7) is 2.76. The molecule has 124 valence electrons. The summed E-state index contributed by atoms with van der Waals surface area (Å²) in [5.41, 5.74) is 1.66. The largest absolute Gasteiger partial charge is 0.490 e. The highest BCUT2D eigenvalue weighted by Gasteiger charge is 2.09. The van der Waals surface area contributed by atoms with E-state index in [2.05, 4.69) is 5.32 Å². The Morgan fingerprint density at radius 2 is 1.92 bits per heavy atom. The lowest BCUT2D eigenvalue weighted by atomic mass is 10.1. The van der Waals surface area contributed by atoms with Crippen LogP contribution < -0.4 is 14.8 Å². The van der Waals surface area contributed by atoms with Crippen LogP contribution in [-0.2, 0) is 11.2 Å². The highest BCUT2D eigenvalue weighted by atomic mass is 16.5. The molecule has 2 aromatic rings. The number of hydrogen-bond donors (Lipinski definition) is 1. The van der Waals surface area contributed by atoms with Crippen LogP contribution in [0, 0.1) is 11.3 Å². The Morgan fingerprint density at radius 3 is 2.62 bits per heavy atom. The first-order valence-corrected chi connectivity index (χ1v) is 7.83. The average molecular weight is 324 g/mol. The average Bonchev–Trinajstić information content (AvgIpc) is 2.61. The number of ether oxygens (including phenoxy) is 2. The van der Waals surface area contributed by atoms with E-state index in [1.165, 1.54) is 5.56 Å². The molecule has 0 spiro atoms. The summed E-state index contributed by atoms with van der Waals surface area (Å²) >= 11 is 0. The van der Waals surface area contributed by atoms with E-state index in [0.29, 0.717) is 30.2 Å². The standard InChI is InChI=1S/C19H20N2O3/c1-2-23-18-12-16(13-20)8-9-17(18)24-14-19(22)21-11-10-15-6-4-3-5-7-15/h3-9,12H,2,10-11,14H2,1H3,(H,21,22). The van der Waals surface area contributed by atoms with Gasteiger partial charge in [-0.15, -0.1) is 0 Å². The van der Waals surface area contributed by atoms with Crippen molar-refractivity contribution >= 4 is 5.91 Å². The predicted molar refractivity (Wildman–Crippen MR) is 91.0 cm³/mol. The van der Waals surface area contributed by atoms with E-state index in [9.17, 15) is 4.79 Å². The lowest BCUT2D eigenvalue weighted by Crippen LogP contribution is -2.30. The van der Waals surface area contributed by atoms with E-state index in [-0.39, 0.29) is 12.5 Å². The second kappa shape index (κ2) is 9.21. The number of carbonyl (C=O) groups excluding carboxylic acids is 1. The smallest absolute Gasteiger partial charge is 0.257 e. The van der Waals surface area contributed by atoms with Crippen molar-refractivity contribution in [1.29, 1.82) is 5.26 Å². The zero-order valence-corrected chi connectivity index (χ0v) is 13.6. The summed E-state index contributed by atoms with van der Waals surface area (Å²) < 4.78 is 11.0. The molecule has 0 saturated carbocycles. The first kappa shape index (κ1) is 17.4. The van der Waals surface area contributed by atoms with Gasteiger partial charge in [-0.1, -0.05) is 30.3 Å². The van der Waals surface area contributed by atoms with E-state index in [1.807, 2.05) is 43.3 Å². The molecule has 0 fully saturated rings. The molecule has 1 amide bonds.